The van der Waals surface area contributed by atoms with Gasteiger partial charge >= 0.3 is 5.97 Å². The van der Waals surface area contributed by atoms with Crippen LogP contribution in [0, 0.1) is 5.92 Å². The van der Waals surface area contributed by atoms with Gasteiger partial charge in [0.15, 0.2) is 0 Å². The average molecular weight is 347 g/mol. The molecule has 25 heavy (non-hydrogen) atoms. The molecule has 1 fully saturated rings. The monoisotopic (exact) mass is 347 g/mol. The van der Waals surface area contributed by atoms with Crippen LogP contribution in [0.2, 0.25) is 0 Å². The van der Waals surface area contributed by atoms with Crippen LogP contribution in [0.5, 0.6) is 0 Å². The highest BCUT2D eigenvalue weighted by Crippen LogP contribution is 2.25. The van der Waals surface area contributed by atoms with E-state index < -0.39 is 23.8 Å². The quantitative estimate of drug-likeness (QED) is 0.862. The molecule has 0 unspecified atom stereocenters. The molecule has 7 nitrogen and oxygen atoms in total. The molecule has 1 aliphatic rings. The molecule has 7 heteroatoms. The molecule has 1 aromatic heterocycles. The Labute approximate surface area is 147 Å². The Morgan fingerprint density at radius 3 is 2.40 bits per heavy atom. The lowest BCUT2D eigenvalue weighted by atomic mass is 9.88. The third-order valence-corrected chi connectivity index (χ3v) is 4.59. The van der Waals surface area contributed by atoms with Crippen LogP contribution in [0.3, 0.4) is 0 Å². The molecule has 1 aromatic rings. The molecule has 0 bridgehead atoms. The van der Waals surface area contributed by atoms with Crippen molar-refractivity contribution in [1.29, 1.82) is 0 Å². The highest BCUT2D eigenvalue weighted by molar-refractivity contribution is 5.95. The van der Waals surface area contributed by atoms with E-state index in [2.05, 4.69) is 10.3 Å². The molecule has 1 aliphatic heterocycles. The van der Waals surface area contributed by atoms with E-state index in [-0.39, 0.29) is 30.0 Å². The van der Waals surface area contributed by atoms with E-state index in [0.717, 1.165) is 5.56 Å². The van der Waals surface area contributed by atoms with Crippen molar-refractivity contribution in [3.63, 3.8) is 0 Å². The summed E-state index contributed by atoms with van der Waals surface area (Å²) in [5.41, 5.74) is 1.09. The Kier molecular flexibility index (Phi) is 5.45. The maximum absolute atomic E-state index is 12.8. The number of carbonyl (C=O) groups is 3. The zero-order valence-corrected chi connectivity index (χ0v) is 15.1. The number of pyridine rings is 1. The van der Waals surface area contributed by atoms with Crippen molar-refractivity contribution in [2.45, 2.75) is 45.1 Å². The standard InChI is InChI=1S/C18H25N3O4/c1-18(2,3)12-6-7-13(20-9-12)16(23)21-10-11(15(22)19-4)5-8-14(21)17(24)25/h6-7,9,11,14H,5,8,10H2,1-4H3,(H,19,22)(H,24,25)/t11-,14-/m0/s1. The fourth-order valence-electron chi connectivity index (χ4n) is 2.98. The molecule has 0 aliphatic carbocycles. The maximum Gasteiger partial charge on any atom is 0.326 e. The number of piperidine rings is 1. The van der Waals surface area contributed by atoms with Crippen molar-refractivity contribution in [2.24, 2.45) is 5.92 Å². The number of rotatable bonds is 3. The van der Waals surface area contributed by atoms with Gasteiger partial charge in [-0.1, -0.05) is 26.8 Å². The summed E-state index contributed by atoms with van der Waals surface area (Å²) in [6.45, 7) is 6.22. The fraction of sp³-hybridized carbons (Fsp3) is 0.556. The van der Waals surface area contributed by atoms with Gasteiger partial charge < -0.3 is 15.3 Å². The number of nitrogens with zero attached hydrogens (tertiary/aromatic N) is 2. The highest BCUT2D eigenvalue weighted by atomic mass is 16.4. The van der Waals surface area contributed by atoms with Crippen LogP contribution >= 0.6 is 0 Å². The third kappa shape index (κ3) is 4.15. The highest BCUT2D eigenvalue weighted by Gasteiger charge is 2.38. The van der Waals surface area contributed by atoms with Crippen LogP contribution in [0.1, 0.15) is 49.7 Å². The molecule has 0 aromatic carbocycles. The lowest BCUT2D eigenvalue weighted by Crippen LogP contribution is -2.53. The first-order chi connectivity index (χ1) is 11.6. The van der Waals surface area contributed by atoms with Crippen LogP contribution in [0.15, 0.2) is 18.3 Å². The van der Waals surface area contributed by atoms with Gasteiger partial charge in [-0.15, -0.1) is 0 Å². The second-order valence-electron chi connectivity index (χ2n) is 7.38. The Hall–Kier alpha value is -2.44. The summed E-state index contributed by atoms with van der Waals surface area (Å²) >= 11 is 0. The van der Waals surface area contributed by atoms with Crippen molar-refractivity contribution in [3.05, 3.63) is 29.6 Å². The Morgan fingerprint density at radius 1 is 1.24 bits per heavy atom. The normalized spacial score (nSPS) is 20.9. The predicted molar refractivity (Wildman–Crippen MR) is 92.2 cm³/mol. The maximum atomic E-state index is 12.8. The first-order valence-electron chi connectivity index (χ1n) is 8.37. The lowest BCUT2D eigenvalue weighted by molar-refractivity contribution is -0.145. The first kappa shape index (κ1) is 18.9. The molecule has 136 valence electrons. The summed E-state index contributed by atoms with van der Waals surface area (Å²) < 4.78 is 0. The first-order valence-corrected chi connectivity index (χ1v) is 8.37. The molecule has 0 radical (unpaired) electrons. The van der Waals surface area contributed by atoms with E-state index in [1.807, 2.05) is 26.8 Å². The Bertz CT molecular complexity index is 664. The van der Waals surface area contributed by atoms with Gasteiger partial charge in [0.2, 0.25) is 5.91 Å². The van der Waals surface area contributed by atoms with Crippen LogP contribution in [0.4, 0.5) is 0 Å². The van der Waals surface area contributed by atoms with Crippen LogP contribution in [0.25, 0.3) is 0 Å². The molecule has 0 spiro atoms. The third-order valence-electron chi connectivity index (χ3n) is 4.59. The average Bonchev–Trinajstić information content (AvgIpc) is 2.59. The minimum absolute atomic E-state index is 0.0815. The number of hydrogen-bond donors (Lipinski definition) is 2. The van der Waals surface area contributed by atoms with Gasteiger partial charge in [-0.2, -0.15) is 0 Å². The number of aromatic nitrogens is 1. The van der Waals surface area contributed by atoms with Gasteiger partial charge in [-0.25, -0.2) is 4.79 Å². The van der Waals surface area contributed by atoms with Crippen molar-refractivity contribution < 1.29 is 19.5 Å². The number of nitrogens with one attached hydrogen (secondary N) is 1. The molecule has 2 rings (SSSR count). The minimum atomic E-state index is -1.06. The van der Waals surface area contributed by atoms with Gasteiger partial charge in [0.25, 0.3) is 5.91 Å². The number of carboxylic acid groups (broad SMARTS) is 1. The fourth-order valence-corrected chi connectivity index (χ4v) is 2.98. The molecule has 2 heterocycles. The summed E-state index contributed by atoms with van der Waals surface area (Å²) in [4.78, 5) is 41.7. The summed E-state index contributed by atoms with van der Waals surface area (Å²) in [6.07, 6.45) is 2.33. The van der Waals surface area contributed by atoms with Gasteiger partial charge in [0.05, 0.1) is 5.92 Å². The molecule has 1 saturated heterocycles. The molecule has 0 saturated carbocycles. The van der Waals surface area contributed by atoms with Crippen molar-refractivity contribution >= 4 is 17.8 Å². The number of likely N-dealkylation sites (tertiary alicyclic amines) is 1. The number of carbonyl (C=O) groups excluding carboxylic acids is 2. The van der Waals surface area contributed by atoms with E-state index in [1.54, 1.807) is 12.3 Å². The van der Waals surface area contributed by atoms with E-state index >= 15 is 0 Å². The van der Waals surface area contributed by atoms with Gasteiger partial charge in [-0.3, -0.25) is 14.6 Å². The van der Waals surface area contributed by atoms with Gasteiger partial charge in [0, 0.05) is 19.8 Å². The number of carboxylic acids is 1. The summed E-state index contributed by atoms with van der Waals surface area (Å²) in [5, 5.41) is 12.0. The van der Waals surface area contributed by atoms with E-state index in [0.29, 0.717) is 6.42 Å². The Balaban J connectivity index is 2.26. The van der Waals surface area contributed by atoms with E-state index in [9.17, 15) is 19.5 Å². The minimum Gasteiger partial charge on any atom is -0.480 e. The molecule has 2 amide bonds. The largest absolute Gasteiger partial charge is 0.480 e. The smallest absolute Gasteiger partial charge is 0.326 e. The predicted octanol–water partition coefficient (Wildman–Crippen LogP) is 1.43. The SMILES string of the molecule is CNC(=O)[C@H]1CC[C@@H](C(=O)O)N(C(=O)c2ccc(C(C)(C)C)cn2)C1. The second-order valence-corrected chi connectivity index (χ2v) is 7.38. The van der Waals surface area contributed by atoms with E-state index in [4.69, 9.17) is 0 Å². The van der Waals surface area contributed by atoms with Crippen LogP contribution < -0.4 is 5.32 Å². The van der Waals surface area contributed by atoms with Crippen molar-refractivity contribution in [3.8, 4) is 0 Å². The molecule has 2 atom stereocenters. The summed E-state index contributed by atoms with van der Waals surface area (Å²) in [6, 6.07) is 2.51. The van der Waals surface area contributed by atoms with Crippen LogP contribution in [-0.4, -0.2) is 52.4 Å². The van der Waals surface area contributed by atoms with Gasteiger partial charge in [-0.05, 0) is 29.9 Å². The summed E-state index contributed by atoms with van der Waals surface area (Å²) in [5.74, 6) is -2.10. The van der Waals surface area contributed by atoms with E-state index in [1.165, 1.54) is 11.9 Å². The van der Waals surface area contributed by atoms with Crippen LogP contribution in [-0.2, 0) is 15.0 Å². The van der Waals surface area contributed by atoms with Gasteiger partial charge in [0.1, 0.15) is 11.7 Å². The zero-order valence-electron chi connectivity index (χ0n) is 15.1. The van der Waals surface area contributed by atoms with Crippen molar-refractivity contribution in [2.75, 3.05) is 13.6 Å². The lowest BCUT2D eigenvalue weighted by Gasteiger charge is -2.36. The Morgan fingerprint density at radius 2 is 1.92 bits per heavy atom. The second kappa shape index (κ2) is 7.21. The molecule has 2 N–H and O–H groups in total. The van der Waals surface area contributed by atoms with Crippen molar-refractivity contribution in [1.82, 2.24) is 15.2 Å². The molecular formula is C18H25N3O4. The topological polar surface area (TPSA) is 99.6 Å². The zero-order chi connectivity index (χ0) is 18.8. The number of aliphatic carboxylic acids is 1. The summed E-state index contributed by atoms with van der Waals surface area (Å²) in [7, 11) is 1.53. The molecular weight excluding hydrogens is 322 g/mol. The number of hydrogen-bond acceptors (Lipinski definition) is 4. The number of amides is 2.